The summed E-state index contributed by atoms with van der Waals surface area (Å²) in [5.41, 5.74) is 1.29. The van der Waals surface area contributed by atoms with Gasteiger partial charge in [0.2, 0.25) is 5.91 Å². The smallest absolute Gasteiger partial charge is 0.261 e. The van der Waals surface area contributed by atoms with Gasteiger partial charge in [-0.15, -0.1) is 0 Å². The number of halogens is 1. The minimum atomic E-state index is -3.72. The number of nitrogens with one attached hydrogen (secondary N) is 2. The number of amides is 1. The number of sulfonamides is 1. The molecular formula is C21H17FN2O3S. The molecule has 7 heteroatoms. The van der Waals surface area contributed by atoms with Gasteiger partial charge in [0.1, 0.15) is 5.82 Å². The Morgan fingerprint density at radius 3 is 2.32 bits per heavy atom. The number of hydrogen-bond donors (Lipinski definition) is 2. The Kier molecular flexibility index (Phi) is 5.86. The zero-order chi connectivity index (χ0) is 20.0. The standard InChI is InChI=1S/C21H17FN2O3S/c22-17-7-4-6-16(14-17)12-13-21(25)23-18-8-5-9-19(15-18)24-28(26,27)20-10-2-1-3-11-20/h1-15,24H,(H,23,25). The second kappa shape index (κ2) is 8.49. The van der Waals surface area contributed by atoms with Crippen molar-refractivity contribution < 1.29 is 17.6 Å². The lowest BCUT2D eigenvalue weighted by Crippen LogP contribution is -2.13. The third-order valence-corrected chi connectivity index (χ3v) is 5.11. The van der Waals surface area contributed by atoms with E-state index >= 15 is 0 Å². The zero-order valence-corrected chi connectivity index (χ0v) is 15.5. The first-order valence-corrected chi connectivity index (χ1v) is 9.83. The van der Waals surface area contributed by atoms with Gasteiger partial charge in [-0.1, -0.05) is 36.4 Å². The first-order chi connectivity index (χ1) is 13.4. The van der Waals surface area contributed by atoms with Crippen molar-refractivity contribution in [2.75, 3.05) is 10.0 Å². The normalized spacial score (nSPS) is 11.3. The summed E-state index contributed by atoms with van der Waals surface area (Å²) < 4.78 is 40.4. The van der Waals surface area contributed by atoms with Crippen LogP contribution in [0.15, 0.2) is 89.8 Å². The number of rotatable bonds is 6. The Hall–Kier alpha value is -3.45. The molecule has 3 rings (SSSR count). The van der Waals surface area contributed by atoms with Crippen molar-refractivity contribution in [1.29, 1.82) is 0 Å². The Bertz CT molecular complexity index is 1110. The molecule has 1 amide bonds. The van der Waals surface area contributed by atoms with E-state index in [4.69, 9.17) is 0 Å². The molecule has 142 valence electrons. The highest BCUT2D eigenvalue weighted by atomic mass is 32.2. The van der Waals surface area contributed by atoms with Gasteiger partial charge in [0.15, 0.2) is 0 Å². The van der Waals surface area contributed by atoms with Gasteiger partial charge >= 0.3 is 0 Å². The highest BCUT2D eigenvalue weighted by Crippen LogP contribution is 2.19. The second-order valence-corrected chi connectivity index (χ2v) is 7.56. The van der Waals surface area contributed by atoms with Crippen molar-refractivity contribution in [2.45, 2.75) is 4.90 Å². The first-order valence-electron chi connectivity index (χ1n) is 8.35. The van der Waals surface area contributed by atoms with E-state index < -0.39 is 15.9 Å². The summed E-state index contributed by atoms with van der Waals surface area (Å²) in [6.07, 6.45) is 2.76. The molecule has 3 aromatic rings. The molecule has 2 N–H and O–H groups in total. The Morgan fingerprint density at radius 1 is 0.857 bits per heavy atom. The van der Waals surface area contributed by atoms with Gasteiger partial charge in [0.25, 0.3) is 10.0 Å². The predicted octanol–water partition coefficient (Wildman–Crippen LogP) is 4.28. The molecule has 0 spiro atoms. The van der Waals surface area contributed by atoms with Gasteiger partial charge in [0, 0.05) is 11.8 Å². The fourth-order valence-electron chi connectivity index (χ4n) is 2.44. The van der Waals surface area contributed by atoms with Crippen molar-refractivity contribution in [2.24, 2.45) is 0 Å². The molecule has 0 saturated heterocycles. The Morgan fingerprint density at radius 2 is 1.57 bits per heavy atom. The van der Waals surface area contributed by atoms with Crippen molar-refractivity contribution in [3.05, 3.63) is 96.3 Å². The third kappa shape index (κ3) is 5.28. The predicted molar refractivity (Wildman–Crippen MR) is 108 cm³/mol. The Labute approximate surface area is 162 Å². The van der Waals surface area contributed by atoms with Crippen LogP contribution < -0.4 is 10.0 Å². The van der Waals surface area contributed by atoms with Crippen LogP contribution >= 0.6 is 0 Å². The summed E-state index contributed by atoms with van der Waals surface area (Å²) in [5, 5.41) is 2.64. The molecule has 0 aliphatic rings. The maximum atomic E-state index is 13.2. The highest BCUT2D eigenvalue weighted by Gasteiger charge is 2.13. The van der Waals surface area contributed by atoms with Crippen LogP contribution in [-0.4, -0.2) is 14.3 Å². The number of carbonyl (C=O) groups excluding carboxylic acids is 1. The summed E-state index contributed by atoms with van der Waals surface area (Å²) >= 11 is 0. The molecule has 3 aromatic carbocycles. The van der Waals surface area contributed by atoms with Crippen molar-refractivity contribution in [1.82, 2.24) is 0 Å². The molecule has 5 nitrogen and oxygen atoms in total. The average molecular weight is 396 g/mol. The lowest BCUT2D eigenvalue weighted by molar-refractivity contribution is -0.111. The molecule has 0 bridgehead atoms. The van der Waals surface area contributed by atoms with Crippen LogP contribution in [0.4, 0.5) is 15.8 Å². The summed E-state index contributed by atoms with van der Waals surface area (Å²) in [6, 6.07) is 20.2. The summed E-state index contributed by atoms with van der Waals surface area (Å²) in [7, 11) is -3.72. The third-order valence-electron chi connectivity index (χ3n) is 3.71. The quantitative estimate of drug-likeness (QED) is 0.611. The topological polar surface area (TPSA) is 75.3 Å². The van der Waals surface area contributed by atoms with Crippen LogP contribution in [0, 0.1) is 5.82 Å². The lowest BCUT2D eigenvalue weighted by Gasteiger charge is -2.10. The summed E-state index contributed by atoms with van der Waals surface area (Å²) in [5.74, 6) is -0.812. The van der Waals surface area contributed by atoms with Crippen molar-refractivity contribution in [3.63, 3.8) is 0 Å². The van der Waals surface area contributed by atoms with Crippen LogP contribution in [0.2, 0.25) is 0 Å². The van der Waals surface area contributed by atoms with E-state index in [0.717, 1.165) is 0 Å². The lowest BCUT2D eigenvalue weighted by atomic mass is 10.2. The summed E-state index contributed by atoms with van der Waals surface area (Å²) in [4.78, 5) is 12.2. The first kappa shape index (κ1) is 19.3. The number of benzene rings is 3. The maximum Gasteiger partial charge on any atom is 0.261 e. The number of anilines is 2. The molecule has 28 heavy (non-hydrogen) atoms. The van der Waals surface area contributed by atoms with Crippen LogP contribution in [0.3, 0.4) is 0 Å². The van der Waals surface area contributed by atoms with E-state index in [2.05, 4.69) is 10.0 Å². The molecule has 0 atom stereocenters. The van der Waals surface area contributed by atoms with E-state index in [1.807, 2.05) is 0 Å². The fourth-order valence-corrected chi connectivity index (χ4v) is 3.51. The van der Waals surface area contributed by atoms with Gasteiger partial charge in [-0.3, -0.25) is 9.52 Å². The van der Waals surface area contributed by atoms with Crippen LogP contribution in [0.1, 0.15) is 5.56 Å². The molecule has 0 aromatic heterocycles. The van der Waals surface area contributed by atoms with Gasteiger partial charge in [-0.05, 0) is 54.1 Å². The SMILES string of the molecule is O=C(C=Cc1cccc(F)c1)Nc1cccc(NS(=O)(=O)c2ccccc2)c1. The van der Waals surface area contributed by atoms with Crippen LogP contribution in [0.25, 0.3) is 6.08 Å². The van der Waals surface area contributed by atoms with Crippen molar-refractivity contribution in [3.8, 4) is 0 Å². The molecule has 0 saturated carbocycles. The van der Waals surface area contributed by atoms with Crippen molar-refractivity contribution >= 4 is 33.4 Å². The molecule has 0 unspecified atom stereocenters. The number of carbonyl (C=O) groups is 1. The Balaban J connectivity index is 1.69. The van der Waals surface area contributed by atoms with Crippen LogP contribution in [0.5, 0.6) is 0 Å². The molecule has 0 aliphatic carbocycles. The zero-order valence-electron chi connectivity index (χ0n) is 14.7. The van der Waals surface area contributed by atoms with Crippen LogP contribution in [-0.2, 0) is 14.8 Å². The van der Waals surface area contributed by atoms with E-state index in [1.165, 1.54) is 42.5 Å². The maximum absolute atomic E-state index is 13.2. The van der Waals surface area contributed by atoms with Gasteiger partial charge in [-0.2, -0.15) is 0 Å². The molecule has 0 heterocycles. The molecule has 0 aliphatic heterocycles. The fraction of sp³-hybridized carbons (Fsp3) is 0. The second-order valence-electron chi connectivity index (χ2n) is 5.88. The van der Waals surface area contributed by atoms with E-state index in [9.17, 15) is 17.6 Å². The average Bonchev–Trinajstić information content (AvgIpc) is 2.67. The molecular weight excluding hydrogens is 379 g/mol. The van der Waals surface area contributed by atoms with E-state index in [1.54, 1.807) is 48.5 Å². The van der Waals surface area contributed by atoms with Gasteiger partial charge < -0.3 is 5.32 Å². The highest BCUT2D eigenvalue weighted by molar-refractivity contribution is 7.92. The minimum Gasteiger partial charge on any atom is -0.322 e. The van der Waals surface area contributed by atoms with Gasteiger partial charge in [0.05, 0.1) is 10.6 Å². The minimum absolute atomic E-state index is 0.141. The van der Waals surface area contributed by atoms with E-state index in [-0.39, 0.29) is 10.7 Å². The number of hydrogen-bond acceptors (Lipinski definition) is 3. The largest absolute Gasteiger partial charge is 0.322 e. The van der Waals surface area contributed by atoms with E-state index in [0.29, 0.717) is 16.9 Å². The summed E-state index contributed by atoms with van der Waals surface area (Å²) in [6.45, 7) is 0. The van der Waals surface area contributed by atoms with Gasteiger partial charge in [-0.25, -0.2) is 12.8 Å². The molecule has 0 radical (unpaired) electrons. The molecule has 0 fully saturated rings. The monoisotopic (exact) mass is 396 g/mol.